The van der Waals surface area contributed by atoms with Crippen LogP contribution < -0.4 is 5.32 Å². The molecular weight excluding hydrogens is 276 g/mol. The summed E-state index contributed by atoms with van der Waals surface area (Å²) in [7, 11) is 0. The third kappa shape index (κ3) is 3.33. The molecule has 0 saturated carbocycles. The Balaban J connectivity index is 1.66. The van der Waals surface area contributed by atoms with Crippen LogP contribution in [-0.2, 0) is 16.0 Å². The van der Waals surface area contributed by atoms with Crippen LogP contribution in [0.25, 0.3) is 0 Å². The maximum absolute atomic E-state index is 12.7. The molecule has 1 aromatic carbocycles. The van der Waals surface area contributed by atoms with Gasteiger partial charge in [0.05, 0.1) is 19.3 Å². The normalized spacial score (nSPS) is 25.2. The number of fused-ring (bicyclic) bond motifs is 1. The second kappa shape index (κ2) is 6.80. The van der Waals surface area contributed by atoms with E-state index in [0.717, 1.165) is 32.5 Å². The largest absolute Gasteiger partial charge is 0.378 e. The Morgan fingerprint density at radius 2 is 2.23 bits per heavy atom. The van der Waals surface area contributed by atoms with Crippen molar-refractivity contribution in [3.63, 3.8) is 0 Å². The average molecular weight is 302 g/mol. The molecule has 22 heavy (non-hydrogen) atoms. The summed E-state index contributed by atoms with van der Waals surface area (Å²) in [5.41, 5.74) is 2.65. The molecule has 1 fully saturated rings. The molecule has 1 aliphatic heterocycles. The average Bonchev–Trinajstić information content (AvgIpc) is 2.90. The minimum atomic E-state index is -0.149. The Morgan fingerprint density at radius 1 is 1.41 bits per heavy atom. The number of benzene rings is 1. The van der Waals surface area contributed by atoms with Crippen molar-refractivity contribution in [2.75, 3.05) is 26.3 Å². The summed E-state index contributed by atoms with van der Waals surface area (Å²) in [6.07, 6.45) is 2.06. The number of ether oxygens (including phenoxy) is 1. The van der Waals surface area contributed by atoms with Crippen LogP contribution in [0, 0.1) is 5.92 Å². The fourth-order valence-electron chi connectivity index (χ4n) is 3.54. The zero-order chi connectivity index (χ0) is 15.5. The van der Waals surface area contributed by atoms with Gasteiger partial charge in [-0.2, -0.15) is 0 Å². The highest BCUT2D eigenvalue weighted by Crippen LogP contribution is 2.30. The second-order valence-electron chi connectivity index (χ2n) is 6.78. The van der Waals surface area contributed by atoms with Gasteiger partial charge in [0.15, 0.2) is 0 Å². The molecule has 1 heterocycles. The van der Waals surface area contributed by atoms with Crippen LogP contribution in [0.15, 0.2) is 24.3 Å². The number of nitrogens with zero attached hydrogens (tertiary/aromatic N) is 1. The van der Waals surface area contributed by atoms with Crippen molar-refractivity contribution in [2.24, 2.45) is 5.92 Å². The van der Waals surface area contributed by atoms with Crippen LogP contribution >= 0.6 is 0 Å². The van der Waals surface area contributed by atoms with Gasteiger partial charge in [-0.1, -0.05) is 38.1 Å². The van der Waals surface area contributed by atoms with Gasteiger partial charge in [-0.05, 0) is 29.9 Å². The maximum atomic E-state index is 12.7. The van der Waals surface area contributed by atoms with Crippen LogP contribution in [0.3, 0.4) is 0 Å². The quantitative estimate of drug-likeness (QED) is 0.926. The Bertz CT molecular complexity index is 530. The van der Waals surface area contributed by atoms with E-state index in [0.29, 0.717) is 12.5 Å². The van der Waals surface area contributed by atoms with E-state index in [1.807, 2.05) is 0 Å². The number of carbonyl (C=O) groups is 1. The monoisotopic (exact) mass is 302 g/mol. The number of morpholine rings is 1. The van der Waals surface area contributed by atoms with Crippen molar-refractivity contribution in [1.29, 1.82) is 0 Å². The third-order valence-electron chi connectivity index (χ3n) is 4.59. The van der Waals surface area contributed by atoms with E-state index in [9.17, 15) is 4.79 Å². The third-order valence-corrected chi connectivity index (χ3v) is 4.59. The minimum absolute atomic E-state index is 0.113. The van der Waals surface area contributed by atoms with Gasteiger partial charge in [0.2, 0.25) is 5.91 Å². The van der Waals surface area contributed by atoms with E-state index in [1.165, 1.54) is 11.1 Å². The molecule has 0 unspecified atom stereocenters. The number of hydrogen-bond donors (Lipinski definition) is 1. The van der Waals surface area contributed by atoms with Gasteiger partial charge < -0.3 is 10.1 Å². The molecule has 3 rings (SSSR count). The molecular formula is C18H26N2O2. The van der Waals surface area contributed by atoms with Crippen LogP contribution in [0.5, 0.6) is 0 Å². The summed E-state index contributed by atoms with van der Waals surface area (Å²) in [4.78, 5) is 15.0. The summed E-state index contributed by atoms with van der Waals surface area (Å²) >= 11 is 0. The minimum Gasteiger partial charge on any atom is -0.378 e. The highest BCUT2D eigenvalue weighted by Gasteiger charge is 2.32. The van der Waals surface area contributed by atoms with E-state index in [-0.39, 0.29) is 18.0 Å². The van der Waals surface area contributed by atoms with E-state index >= 15 is 0 Å². The van der Waals surface area contributed by atoms with E-state index < -0.39 is 0 Å². The Morgan fingerprint density at radius 3 is 3.05 bits per heavy atom. The molecule has 1 saturated heterocycles. The smallest absolute Gasteiger partial charge is 0.240 e. The molecule has 0 bridgehead atoms. The second-order valence-corrected chi connectivity index (χ2v) is 6.78. The van der Waals surface area contributed by atoms with Crippen molar-refractivity contribution in [3.8, 4) is 0 Å². The molecule has 2 aliphatic rings. The molecule has 120 valence electrons. The van der Waals surface area contributed by atoms with Gasteiger partial charge in [0.25, 0.3) is 0 Å². The van der Waals surface area contributed by atoms with Gasteiger partial charge >= 0.3 is 0 Å². The lowest BCUT2D eigenvalue weighted by molar-refractivity contribution is -0.133. The van der Waals surface area contributed by atoms with Crippen molar-refractivity contribution in [1.82, 2.24) is 10.2 Å². The van der Waals surface area contributed by atoms with E-state index in [1.54, 1.807) is 0 Å². The first kappa shape index (κ1) is 15.5. The lowest BCUT2D eigenvalue weighted by Gasteiger charge is -2.36. The maximum Gasteiger partial charge on any atom is 0.240 e. The van der Waals surface area contributed by atoms with Gasteiger partial charge in [0.1, 0.15) is 6.04 Å². The number of rotatable bonds is 4. The van der Waals surface area contributed by atoms with Crippen molar-refractivity contribution in [2.45, 2.75) is 38.8 Å². The molecule has 4 nitrogen and oxygen atoms in total. The van der Waals surface area contributed by atoms with E-state index in [2.05, 4.69) is 48.3 Å². The summed E-state index contributed by atoms with van der Waals surface area (Å²) in [5.74, 6) is 0.669. The van der Waals surface area contributed by atoms with Crippen molar-refractivity contribution < 1.29 is 9.53 Å². The number of hydrogen-bond acceptors (Lipinski definition) is 3. The number of nitrogens with one attached hydrogen (secondary N) is 1. The standard InChI is InChI=1S/C18H26N2O2/c1-13(2)11-20-9-10-22-12-17(20)18(21)19-16-8-7-14-5-3-4-6-15(14)16/h3-6,13,16-17H,7-12H2,1-2H3,(H,19,21)/t16-,17-/m1/s1. The fourth-order valence-corrected chi connectivity index (χ4v) is 3.54. The van der Waals surface area contributed by atoms with Crippen LogP contribution in [0.2, 0.25) is 0 Å². The first-order chi connectivity index (χ1) is 10.6. The van der Waals surface area contributed by atoms with Gasteiger partial charge in [-0.25, -0.2) is 0 Å². The Labute approximate surface area is 132 Å². The topological polar surface area (TPSA) is 41.6 Å². The predicted molar refractivity (Wildman–Crippen MR) is 86.7 cm³/mol. The highest BCUT2D eigenvalue weighted by molar-refractivity contribution is 5.82. The number of carbonyl (C=O) groups excluding carboxylic acids is 1. The van der Waals surface area contributed by atoms with Crippen molar-refractivity contribution in [3.05, 3.63) is 35.4 Å². The van der Waals surface area contributed by atoms with Crippen LogP contribution in [0.1, 0.15) is 37.4 Å². The van der Waals surface area contributed by atoms with Crippen LogP contribution in [-0.4, -0.2) is 43.2 Å². The van der Waals surface area contributed by atoms with Gasteiger partial charge in [-0.3, -0.25) is 9.69 Å². The van der Waals surface area contributed by atoms with E-state index in [4.69, 9.17) is 4.74 Å². The summed E-state index contributed by atoms with van der Waals surface area (Å²) in [6.45, 7) is 7.41. The molecule has 1 N–H and O–H groups in total. The molecule has 1 aliphatic carbocycles. The van der Waals surface area contributed by atoms with Crippen LogP contribution in [0.4, 0.5) is 0 Å². The predicted octanol–water partition coefficient (Wildman–Crippen LogP) is 2.15. The first-order valence-corrected chi connectivity index (χ1v) is 8.35. The Hall–Kier alpha value is -1.39. The summed E-state index contributed by atoms with van der Waals surface area (Å²) in [6, 6.07) is 8.43. The fraction of sp³-hybridized carbons (Fsp3) is 0.611. The zero-order valence-electron chi connectivity index (χ0n) is 13.5. The summed E-state index contributed by atoms with van der Waals surface area (Å²) < 4.78 is 5.55. The van der Waals surface area contributed by atoms with Gasteiger partial charge in [-0.15, -0.1) is 0 Å². The SMILES string of the molecule is CC(C)CN1CCOC[C@@H]1C(=O)N[C@@H]1CCc2ccccc21. The molecule has 0 radical (unpaired) electrons. The van der Waals surface area contributed by atoms with Gasteiger partial charge in [0, 0.05) is 13.1 Å². The lowest BCUT2D eigenvalue weighted by Crippen LogP contribution is -2.54. The first-order valence-electron chi connectivity index (χ1n) is 8.35. The molecule has 1 aromatic rings. The number of aryl methyl sites for hydroxylation is 1. The zero-order valence-corrected chi connectivity index (χ0v) is 13.5. The van der Waals surface area contributed by atoms with Crippen molar-refractivity contribution >= 4 is 5.91 Å². The Kier molecular flexibility index (Phi) is 4.79. The highest BCUT2D eigenvalue weighted by atomic mass is 16.5. The molecule has 2 atom stereocenters. The molecule has 0 aromatic heterocycles. The lowest BCUT2D eigenvalue weighted by atomic mass is 10.1. The number of amides is 1. The molecule has 0 spiro atoms. The molecule has 1 amide bonds. The summed E-state index contributed by atoms with van der Waals surface area (Å²) in [5, 5.41) is 3.25. The molecule has 4 heteroatoms.